The molecule has 0 spiro atoms. The third-order valence-electron chi connectivity index (χ3n) is 8.93. The van der Waals surface area contributed by atoms with Gasteiger partial charge in [0.25, 0.3) is 5.69 Å². The van der Waals surface area contributed by atoms with Gasteiger partial charge in [0, 0.05) is 36.9 Å². The predicted octanol–water partition coefficient (Wildman–Crippen LogP) is 7.64. The minimum Gasteiger partial charge on any atom is -0.457 e. The highest BCUT2D eigenvalue weighted by atomic mass is 19.1. The van der Waals surface area contributed by atoms with Crippen LogP contribution in [-0.2, 0) is 16.0 Å². The maximum absolute atomic E-state index is 12.4. The number of nitrogens with one attached hydrogen (secondary N) is 1. The minimum absolute atomic E-state index is 0.0740. The number of halogens is 2. The first-order valence-corrected chi connectivity index (χ1v) is 17.8. The van der Waals surface area contributed by atoms with Gasteiger partial charge in [-0.05, 0) is 62.4 Å². The average molecular weight is 800 g/mol. The van der Waals surface area contributed by atoms with E-state index in [0.717, 1.165) is 40.2 Å². The molecule has 2 aliphatic heterocycles. The van der Waals surface area contributed by atoms with Gasteiger partial charge in [-0.3, -0.25) is 20.2 Å². The zero-order valence-electron chi connectivity index (χ0n) is 31.3. The van der Waals surface area contributed by atoms with Gasteiger partial charge in [0.15, 0.2) is 0 Å². The molecule has 0 atom stereocenters. The summed E-state index contributed by atoms with van der Waals surface area (Å²) in [6, 6.07) is 27.8. The Morgan fingerprint density at radius 1 is 0.724 bits per heavy atom. The lowest BCUT2D eigenvalue weighted by molar-refractivity contribution is -0.387. The molecule has 5 aromatic carbocycles. The second kappa shape index (κ2) is 17.7. The summed E-state index contributed by atoms with van der Waals surface area (Å²) in [7, 11) is 0. The smallest absolute Gasteiger partial charge is 0.304 e. The number of nitro benzene ring substituents is 2. The van der Waals surface area contributed by atoms with Crippen LogP contribution in [0.15, 0.2) is 109 Å². The van der Waals surface area contributed by atoms with Crippen LogP contribution in [-0.4, -0.2) is 73.8 Å². The van der Waals surface area contributed by atoms with Crippen molar-refractivity contribution in [3.63, 3.8) is 0 Å². The van der Waals surface area contributed by atoms with Gasteiger partial charge in [-0.1, -0.05) is 35.4 Å². The molecule has 6 aromatic rings. The van der Waals surface area contributed by atoms with Crippen molar-refractivity contribution in [3.8, 4) is 23.0 Å². The van der Waals surface area contributed by atoms with Crippen LogP contribution < -0.4 is 14.8 Å². The molecule has 0 amide bonds. The van der Waals surface area contributed by atoms with Crippen LogP contribution in [0, 0.1) is 45.7 Å². The minimum atomic E-state index is -1.16. The second-order valence-electron chi connectivity index (χ2n) is 13.9. The summed E-state index contributed by atoms with van der Waals surface area (Å²) in [5.74, 6) is 0.685. The number of ether oxygens (including phenoxy) is 4. The number of nitro groups is 2. The number of hydrogen-bond donors (Lipinski definition) is 3. The van der Waals surface area contributed by atoms with E-state index in [0.29, 0.717) is 43.0 Å². The number of fused-ring (bicyclic) bond motifs is 1. The largest absolute Gasteiger partial charge is 0.457 e. The molecular weight excluding hydrogens is 760 g/mol. The number of benzene rings is 5. The molecule has 0 radical (unpaired) electrons. The molecule has 17 heteroatoms. The van der Waals surface area contributed by atoms with E-state index >= 15 is 0 Å². The summed E-state index contributed by atoms with van der Waals surface area (Å²) in [5.41, 5.74) is 1.86. The Morgan fingerprint density at radius 3 is 1.76 bits per heavy atom. The van der Waals surface area contributed by atoms with E-state index in [2.05, 4.69) is 10.3 Å². The molecule has 8 rings (SSSR count). The average Bonchev–Trinajstić information content (AvgIpc) is 3.56. The SMILES string of the molecule is Cc1ccc(Oc2ccc([N+](=O)[O-])c(NCC3(O)COC3)c2)cc1.Cc1ccc(Oc2ccc3ncn(CC4(O)COC4)c3c2)cc1.O=[N+]([O-])c1ccc(F)cc1F. The van der Waals surface area contributed by atoms with E-state index in [9.17, 15) is 39.2 Å². The fraction of sp³-hybridized carbons (Fsp3) is 0.244. The van der Waals surface area contributed by atoms with Gasteiger partial charge in [-0.15, -0.1) is 0 Å². The van der Waals surface area contributed by atoms with Crippen molar-refractivity contribution in [2.45, 2.75) is 31.6 Å². The Balaban J connectivity index is 0.000000157. The summed E-state index contributed by atoms with van der Waals surface area (Å²) < 4.78 is 48.2. The van der Waals surface area contributed by atoms with Gasteiger partial charge in [0.05, 0.1) is 60.2 Å². The highest BCUT2D eigenvalue weighted by Gasteiger charge is 2.37. The lowest BCUT2D eigenvalue weighted by Crippen LogP contribution is -2.54. The number of aliphatic hydroxyl groups is 2. The van der Waals surface area contributed by atoms with Crippen molar-refractivity contribution in [2.24, 2.45) is 0 Å². The fourth-order valence-corrected chi connectivity index (χ4v) is 5.67. The van der Waals surface area contributed by atoms with Crippen molar-refractivity contribution < 1.29 is 47.8 Å². The quantitative estimate of drug-likeness (QED) is 0.0858. The lowest BCUT2D eigenvalue weighted by atomic mass is 10.0. The highest BCUT2D eigenvalue weighted by Crippen LogP contribution is 2.33. The van der Waals surface area contributed by atoms with Crippen LogP contribution in [0.25, 0.3) is 11.0 Å². The van der Waals surface area contributed by atoms with Gasteiger partial charge >= 0.3 is 5.69 Å². The van der Waals surface area contributed by atoms with Crippen LogP contribution in [0.1, 0.15) is 11.1 Å². The zero-order chi connectivity index (χ0) is 41.5. The summed E-state index contributed by atoms with van der Waals surface area (Å²) >= 11 is 0. The summed E-state index contributed by atoms with van der Waals surface area (Å²) in [6.07, 6.45) is 1.75. The van der Waals surface area contributed by atoms with Crippen LogP contribution in [0.4, 0.5) is 25.8 Å². The zero-order valence-corrected chi connectivity index (χ0v) is 31.3. The third kappa shape index (κ3) is 10.6. The number of rotatable bonds is 11. The number of nitrogens with zero attached hydrogens (tertiary/aromatic N) is 4. The highest BCUT2D eigenvalue weighted by molar-refractivity contribution is 5.77. The molecule has 2 saturated heterocycles. The van der Waals surface area contributed by atoms with Crippen molar-refractivity contribution >= 4 is 28.1 Å². The number of aryl methyl sites for hydroxylation is 2. The first kappa shape index (κ1) is 41.1. The van der Waals surface area contributed by atoms with Gasteiger partial charge in [0.1, 0.15) is 45.7 Å². The first-order valence-electron chi connectivity index (χ1n) is 17.8. The van der Waals surface area contributed by atoms with Crippen LogP contribution in [0.2, 0.25) is 0 Å². The van der Waals surface area contributed by atoms with Crippen LogP contribution in [0.5, 0.6) is 23.0 Å². The molecular formula is C41H39F2N5O10. The predicted molar refractivity (Wildman–Crippen MR) is 208 cm³/mol. The van der Waals surface area contributed by atoms with Crippen LogP contribution in [0.3, 0.4) is 0 Å². The van der Waals surface area contributed by atoms with Gasteiger partial charge in [0.2, 0.25) is 5.82 Å². The Bertz CT molecular complexity index is 2380. The molecule has 2 fully saturated rings. The topological polar surface area (TPSA) is 194 Å². The van der Waals surface area contributed by atoms with Crippen molar-refractivity contribution in [1.82, 2.24) is 9.55 Å². The Morgan fingerprint density at radius 2 is 1.24 bits per heavy atom. The van der Waals surface area contributed by atoms with E-state index < -0.39 is 38.4 Å². The fourth-order valence-electron chi connectivity index (χ4n) is 5.67. The normalized spacial score (nSPS) is 14.7. The number of aromatic nitrogens is 2. The molecule has 302 valence electrons. The molecule has 0 bridgehead atoms. The number of anilines is 1. The molecule has 0 aliphatic carbocycles. The molecule has 0 saturated carbocycles. The third-order valence-corrected chi connectivity index (χ3v) is 8.93. The Hall–Kier alpha value is -6.53. The van der Waals surface area contributed by atoms with E-state index in [1.165, 1.54) is 11.6 Å². The standard InChI is InChI=1S/C18H18N2O3.C17H18N2O5.C6H3F2NO2/c1-13-2-4-14(5-3-13)23-15-6-7-16-17(8-15)20(12-19-16)9-18(21)10-22-11-18;1-12-2-4-13(5-3-12)24-14-6-7-16(19(21)22)15(8-14)18-9-17(20)10-23-11-17;7-4-1-2-6(9(10)11)5(8)3-4/h2-8,12,21H,9-11H2,1H3;2-8,18,20H,9-11H2,1H3;1-3H. The summed E-state index contributed by atoms with van der Waals surface area (Å²) in [5, 5.41) is 44.4. The van der Waals surface area contributed by atoms with E-state index in [1.54, 1.807) is 18.5 Å². The lowest BCUT2D eigenvalue weighted by Gasteiger charge is -2.36. The molecule has 3 heterocycles. The van der Waals surface area contributed by atoms with Gasteiger partial charge < -0.3 is 39.0 Å². The van der Waals surface area contributed by atoms with Crippen molar-refractivity contribution in [3.05, 3.63) is 152 Å². The van der Waals surface area contributed by atoms with E-state index in [-0.39, 0.29) is 25.4 Å². The molecule has 0 unspecified atom stereocenters. The van der Waals surface area contributed by atoms with Crippen molar-refractivity contribution in [1.29, 1.82) is 0 Å². The van der Waals surface area contributed by atoms with E-state index in [4.69, 9.17) is 18.9 Å². The Kier molecular flexibility index (Phi) is 12.6. The second-order valence-corrected chi connectivity index (χ2v) is 13.9. The summed E-state index contributed by atoms with van der Waals surface area (Å²) in [6.45, 7) is 5.83. The Labute approximate surface area is 330 Å². The molecule has 15 nitrogen and oxygen atoms in total. The van der Waals surface area contributed by atoms with Gasteiger partial charge in [-0.25, -0.2) is 9.37 Å². The van der Waals surface area contributed by atoms with Crippen LogP contribution >= 0.6 is 0 Å². The molecule has 3 N–H and O–H groups in total. The van der Waals surface area contributed by atoms with E-state index in [1.807, 2.05) is 85.1 Å². The first-order chi connectivity index (χ1) is 27.7. The van der Waals surface area contributed by atoms with Crippen molar-refractivity contribution in [2.75, 3.05) is 38.3 Å². The number of hydrogen-bond acceptors (Lipinski definition) is 12. The molecule has 58 heavy (non-hydrogen) atoms. The summed E-state index contributed by atoms with van der Waals surface area (Å²) in [4.78, 5) is 24.1. The number of imidazole rings is 1. The molecule has 2 aliphatic rings. The van der Waals surface area contributed by atoms with Gasteiger partial charge in [-0.2, -0.15) is 4.39 Å². The maximum atomic E-state index is 12.4. The molecule has 1 aromatic heterocycles. The monoisotopic (exact) mass is 799 g/mol. The maximum Gasteiger partial charge on any atom is 0.304 e.